The van der Waals surface area contributed by atoms with E-state index in [9.17, 15) is 4.79 Å². The van der Waals surface area contributed by atoms with E-state index in [1.165, 1.54) is 18.2 Å². The minimum absolute atomic E-state index is 0.0803. The maximum Gasteiger partial charge on any atom is 0.415 e. The van der Waals surface area contributed by atoms with E-state index in [-0.39, 0.29) is 6.54 Å². The van der Waals surface area contributed by atoms with Crippen molar-refractivity contribution >= 4 is 11.8 Å². The predicted molar refractivity (Wildman–Crippen MR) is 73.2 cm³/mol. The lowest BCUT2D eigenvalue weighted by molar-refractivity contribution is 0.0584. The van der Waals surface area contributed by atoms with Crippen LogP contribution in [0.5, 0.6) is 5.75 Å². The van der Waals surface area contributed by atoms with Crippen LogP contribution in [0, 0.1) is 12.3 Å². The Labute approximate surface area is 113 Å². The molecule has 1 heterocycles. The van der Waals surface area contributed by atoms with Gasteiger partial charge in [0.05, 0.1) is 19.9 Å². The van der Waals surface area contributed by atoms with Crippen molar-refractivity contribution in [1.82, 2.24) is 4.98 Å². The number of amides is 1. The summed E-state index contributed by atoms with van der Waals surface area (Å²) in [6.07, 6.45) is 7.86. The van der Waals surface area contributed by atoms with Crippen molar-refractivity contribution in [2.75, 3.05) is 18.6 Å². The first kappa shape index (κ1) is 14.8. The molecule has 0 aliphatic carbocycles. The van der Waals surface area contributed by atoms with Crippen LogP contribution in [-0.2, 0) is 4.74 Å². The minimum atomic E-state index is -0.598. The number of methoxy groups -OCH3 is 1. The van der Waals surface area contributed by atoms with E-state index in [0.29, 0.717) is 11.4 Å². The molecule has 0 N–H and O–H groups in total. The summed E-state index contributed by atoms with van der Waals surface area (Å²) in [6.45, 7) is 5.45. The number of rotatable bonds is 3. The second-order valence-corrected chi connectivity index (χ2v) is 4.82. The molecule has 0 fully saturated rings. The number of hydrogen-bond acceptors (Lipinski definition) is 4. The quantitative estimate of drug-likeness (QED) is 0.785. The molecule has 0 saturated carbocycles. The van der Waals surface area contributed by atoms with Crippen LogP contribution in [0.3, 0.4) is 0 Å². The van der Waals surface area contributed by atoms with Crippen molar-refractivity contribution in [1.29, 1.82) is 0 Å². The van der Waals surface area contributed by atoms with Gasteiger partial charge in [-0.2, -0.15) is 0 Å². The van der Waals surface area contributed by atoms with Gasteiger partial charge in [0.15, 0.2) is 0 Å². The zero-order valence-corrected chi connectivity index (χ0v) is 11.6. The van der Waals surface area contributed by atoms with E-state index in [2.05, 4.69) is 10.9 Å². The third-order valence-corrected chi connectivity index (χ3v) is 2.14. The minimum Gasteiger partial charge on any atom is -0.494 e. The van der Waals surface area contributed by atoms with Crippen molar-refractivity contribution < 1.29 is 14.3 Å². The lowest BCUT2D eigenvalue weighted by Gasteiger charge is -2.26. The van der Waals surface area contributed by atoms with Gasteiger partial charge in [-0.1, -0.05) is 5.92 Å². The summed E-state index contributed by atoms with van der Waals surface area (Å²) in [5, 5.41) is 0. The van der Waals surface area contributed by atoms with Crippen LogP contribution in [-0.4, -0.2) is 30.3 Å². The van der Waals surface area contributed by atoms with Gasteiger partial charge in [-0.05, 0) is 20.8 Å². The van der Waals surface area contributed by atoms with Gasteiger partial charge in [-0.25, -0.2) is 4.79 Å². The molecule has 1 aromatic rings. The highest BCUT2D eigenvalue weighted by molar-refractivity contribution is 5.90. The first-order chi connectivity index (χ1) is 8.89. The number of terminal acetylenes is 1. The Morgan fingerprint density at radius 2 is 2.21 bits per heavy atom. The SMILES string of the molecule is C#CCN(C(=O)OC(C)(C)C)c1cnccc1OC. The van der Waals surface area contributed by atoms with E-state index in [1.807, 2.05) is 0 Å². The summed E-state index contributed by atoms with van der Waals surface area (Å²) < 4.78 is 10.5. The molecule has 0 saturated heterocycles. The number of hydrogen-bond donors (Lipinski definition) is 0. The molecule has 0 aliphatic heterocycles. The van der Waals surface area contributed by atoms with Crippen molar-refractivity contribution in [2.45, 2.75) is 26.4 Å². The Morgan fingerprint density at radius 3 is 2.74 bits per heavy atom. The van der Waals surface area contributed by atoms with E-state index in [1.54, 1.807) is 33.0 Å². The highest BCUT2D eigenvalue weighted by Gasteiger charge is 2.25. The molecule has 0 unspecified atom stereocenters. The zero-order chi connectivity index (χ0) is 14.5. The van der Waals surface area contributed by atoms with Gasteiger partial charge in [-0.15, -0.1) is 6.42 Å². The fourth-order valence-corrected chi connectivity index (χ4v) is 1.41. The molecule has 0 aliphatic rings. The van der Waals surface area contributed by atoms with Crippen molar-refractivity contribution in [2.24, 2.45) is 0 Å². The molecule has 1 amide bonds. The monoisotopic (exact) mass is 262 g/mol. The predicted octanol–water partition coefficient (Wildman–Crippen LogP) is 2.46. The lowest BCUT2D eigenvalue weighted by atomic mass is 10.2. The standard InChI is InChI=1S/C14H18N2O3/c1-6-9-16(13(17)19-14(2,3)4)11-10-15-8-7-12(11)18-5/h1,7-8,10H,9H2,2-5H3. The highest BCUT2D eigenvalue weighted by Crippen LogP contribution is 2.27. The second-order valence-electron chi connectivity index (χ2n) is 4.82. The number of ether oxygens (including phenoxy) is 2. The second kappa shape index (κ2) is 6.10. The molecule has 0 aromatic carbocycles. The van der Waals surface area contributed by atoms with E-state index in [4.69, 9.17) is 15.9 Å². The lowest BCUT2D eigenvalue weighted by Crippen LogP contribution is -2.37. The summed E-state index contributed by atoms with van der Waals surface area (Å²) in [5.74, 6) is 2.94. The van der Waals surface area contributed by atoms with Gasteiger partial charge in [0, 0.05) is 12.3 Å². The summed E-state index contributed by atoms with van der Waals surface area (Å²) in [5.41, 5.74) is -0.114. The Balaban J connectivity index is 3.07. The Hall–Kier alpha value is -2.22. The number of carbonyl (C=O) groups excluding carboxylic acids is 1. The van der Waals surface area contributed by atoms with Gasteiger partial charge in [-0.3, -0.25) is 9.88 Å². The number of aromatic nitrogens is 1. The van der Waals surface area contributed by atoms with Crippen LogP contribution >= 0.6 is 0 Å². The van der Waals surface area contributed by atoms with Crippen LogP contribution in [0.2, 0.25) is 0 Å². The van der Waals surface area contributed by atoms with Gasteiger partial charge in [0.2, 0.25) is 0 Å². The Morgan fingerprint density at radius 1 is 1.53 bits per heavy atom. The maximum absolute atomic E-state index is 12.1. The normalized spacial score (nSPS) is 10.5. The molecule has 0 spiro atoms. The van der Waals surface area contributed by atoms with E-state index >= 15 is 0 Å². The average molecular weight is 262 g/mol. The third kappa shape index (κ3) is 4.18. The van der Waals surface area contributed by atoms with Crippen LogP contribution in [0.1, 0.15) is 20.8 Å². The van der Waals surface area contributed by atoms with Gasteiger partial charge in [0.1, 0.15) is 17.0 Å². The number of anilines is 1. The van der Waals surface area contributed by atoms with Crippen LogP contribution in [0.4, 0.5) is 10.5 Å². The molecule has 0 atom stereocenters. The van der Waals surface area contributed by atoms with Gasteiger partial charge >= 0.3 is 6.09 Å². The first-order valence-corrected chi connectivity index (χ1v) is 5.81. The molecular weight excluding hydrogens is 244 g/mol. The van der Waals surface area contributed by atoms with E-state index < -0.39 is 11.7 Å². The molecular formula is C14H18N2O3. The highest BCUT2D eigenvalue weighted by atomic mass is 16.6. The molecule has 5 heteroatoms. The molecule has 19 heavy (non-hydrogen) atoms. The smallest absolute Gasteiger partial charge is 0.415 e. The van der Waals surface area contributed by atoms with Crippen molar-refractivity contribution in [3.05, 3.63) is 18.5 Å². The fourth-order valence-electron chi connectivity index (χ4n) is 1.41. The Bertz CT molecular complexity index is 486. The average Bonchev–Trinajstić information content (AvgIpc) is 2.33. The van der Waals surface area contributed by atoms with Crippen LogP contribution in [0.25, 0.3) is 0 Å². The van der Waals surface area contributed by atoms with Crippen molar-refractivity contribution in [3.8, 4) is 18.1 Å². The first-order valence-electron chi connectivity index (χ1n) is 5.81. The number of pyridine rings is 1. The molecule has 0 bridgehead atoms. The maximum atomic E-state index is 12.1. The summed E-state index contributed by atoms with van der Waals surface area (Å²) in [6, 6.07) is 1.66. The van der Waals surface area contributed by atoms with Crippen LogP contribution in [0.15, 0.2) is 18.5 Å². The molecule has 0 radical (unpaired) electrons. The molecule has 1 rings (SSSR count). The molecule has 1 aromatic heterocycles. The van der Waals surface area contributed by atoms with E-state index in [0.717, 1.165) is 0 Å². The van der Waals surface area contributed by atoms with Gasteiger partial charge < -0.3 is 9.47 Å². The molecule has 5 nitrogen and oxygen atoms in total. The summed E-state index contributed by atoms with van der Waals surface area (Å²) in [4.78, 5) is 17.4. The number of carbonyl (C=O) groups is 1. The van der Waals surface area contributed by atoms with Crippen LogP contribution < -0.4 is 9.64 Å². The summed E-state index contributed by atoms with van der Waals surface area (Å²) >= 11 is 0. The number of nitrogens with zero attached hydrogens (tertiary/aromatic N) is 2. The third-order valence-electron chi connectivity index (χ3n) is 2.14. The topological polar surface area (TPSA) is 51.7 Å². The van der Waals surface area contributed by atoms with Crippen molar-refractivity contribution in [3.63, 3.8) is 0 Å². The Kier molecular flexibility index (Phi) is 4.76. The largest absolute Gasteiger partial charge is 0.494 e. The summed E-state index contributed by atoms with van der Waals surface area (Å²) in [7, 11) is 1.52. The van der Waals surface area contributed by atoms with Gasteiger partial charge in [0.25, 0.3) is 0 Å². The molecule has 102 valence electrons. The fraction of sp³-hybridized carbons (Fsp3) is 0.429. The zero-order valence-electron chi connectivity index (χ0n) is 11.6.